The van der Waals surface area contributed by atoms with E-state index in [2.05, 4.69) is 41.7 Å². The number of aromatic nitrogens is 2. The van der Waals surface area contributed by atoms with Gasteiger partial charge in [-0.3, -0.25) is 4.79 Å². The molecule has 5 heteroatoms. The summed E-state index contributed by atoms with van der Waals surface area (Å²) in [5, 5.41) is 2.92. The first-order valence-electron chi connectivity index (χ1n) is 12.6. The highest BCUT2D eigenvalue weighted by molar-refractivity contribution is 5.95. The summed E-state index contributed by atoms with van der Waals surface area (Å²) in [6.07, 6.45) is 7.91. The van der Waals surface area contributed by atoms with Crippen molar-refractivity contribution in [1.82, 2.24) is 9.97 Å². The van der Waals surface area contributed by atoms with Crippen molar-refractivity contribution in [3.63, 3.8) is 0 Å². The molecule has 178 valence electrons. The third-order valence-electron chi connectivity index (χ3n) is 6.73. The van der Waals surface area contributed by atoms with Crippen molar-refractivity contribution in [3.8, 4) is 11.3 Å². The molecule has 34 heavy (non-hydrogen) atoms. The van der Waals surface area contributed by atoms with Crippen molar-refractivity contribution in [2.24, 2.45) is 11.7 Å². The van der Waals surface area contributed by atoms with Crippen LogP contribution in [0.25, 0.3) is 11.3 Å². The Morgan fingerprint density at radius 3 is 2.38 bits per heavy atom. The molecular formula is C29H36N4O. The predicted octanol–water partition coefficient (Wildman–Crippen LogP) is 5.90. The number of rotatable bonds is 9. The Morgan fingerprint density at radius 2 is 1.71 bits per heavy atom. The van der Waals surface area contributed by atoms with Gasteiger partial charge >= 0.3 is 0 Å². The molecule has 1 fully saturated rings. The van der Waals surface area contributed by atoms with Gasteiger partial charge in [-0.2, -0.15) is 0 Å². The van der Waals surface area contributed by atoms with Gasteiger partial charge in [-0.25, -0.2) is 9.97 Å². The van der Waals surface area contributed by atoms with Crippen molar-refractivity contribution in [1.29, 1.82) is 0 Å². The highest BCUT2D eigenvalue weighted by Gasteiger charge is 2.21. The molecule has 0 spiro atoms. The van der Waals surface area contributed by atoms with Gasteiger partial charge in [0.1, 0.15) is 5.82 Å². The molecule has 0 radical (unpaired) electrons. The Morgan fingerprint density at radius 1 is 1.00 bits per heavy atom. The largest absolute Gasteiger partial charge is 0.325 e. The lowest BCUT2D eigenvalue weighted by molar-refractivity contribution is -0.118. The molecule has 0 bridgehead atoms. The zero-order chi connectivity index (χ0) is 23.9. The van der Waals surface area contributed by atoms with E-state index in [9.17, 15) is 4.79 Å². The van der Waals surface area contributed by atoms with Crippen LogP contribution in [0.5, 0.6) is 0 Å². The fourth-order valence-electron chi connectivity index (χ4n) is 4.53. The molecule has 0 aliphatic heterocycles. The van der Waals surface area contributed by atoms with E-state index in [1.54, 1.807) is 0 Å². The van der Waals surface area contributed by atoms with Crippen LogP contribution in [0.3, 0.4) is 0 Å². The molecule has 0 unspecified atom stereocenters. The minimum absolute atomic E-state index is 0.0922. The summed E-state index contributed by atoms with van der Waals surface area (Å²) in [6.45, 7) is 3.89. The highest BCUT2D eigenvalue weighted by Crippen LogP contribution is 2.33. The van der Waals surface area contributed by atoms with Crippen LogP contribution in [0, 0.1) is 5.92 Å². The van der Waals surface area contributed by atoms with E-state index in [1.807, 2.05) is 38.1 Å². The molecule has 1 aliphatic carbocycles. The van der Waals surface area contributed by atoms with Crippen molar-refractivity contribution < 1.29 is 4.79 Å². The van der Waals surface area contributed by atoms with Crippen LogP contribution in [0.4, 0.5) is 5.69 Å². The van der Waals surface area contributed by atoms with Gasteiger partial charge in [0.15, 0.2) is 0 Å². The fourth-order valence-corrected chi connectivity index (χ4v) is 4.53. The van der Waals surface area contributed by atoms with Crippen molar-refractivity contribution >= 4 is 11.6 Å². The maximum absolute atomic E-state index is 12.3. The van der Waals surface area contributed by atoms with Gasteiger partial charge in [-0.1, -0.05) is 69.2 Å². The van der Waals surface area contributed by atoms with Gasteiger partial charge in [-0.05, 0) is 61.8 Å². The van der Waals surface area contributed by atoms with E-state index in [0.29, 0.717) is 5.92 Å². The summed E-state index contributed by atoms with van der Waals surface area (Å²) in [6, 6.07) is 20.1. The zero-order valence-electron chi connectivity index (χ0n) is 20.3. The highest BCUT2D eigenvalue weighted by atomic mass is 16.2. The summed E-state index contributed by atoms with van der Waals surface area (Å²) in [4.78, 5) is 22.2. The molecular weight excluding hydrogens is 420 g/mol. The lowest BCUT2D eigenvalue weighted by Crippen LogP contribution is -2.39. The number of aryl methyl sites for hydroxylation is 2. The molecule has 3 N–H and O–H groups in total. The first kappa shape index (κ1) is 24.1. The van der Waals surface area contributed by atoms with Crippen LogP contribution in [-0.4, -0.2) is 21.9 Å². The molecule has 4 rings (SSSR count). The van der Waals surface area contributed by atoms with E-state index in [1.165, 1.54) is 31.2 Å². The summed E-state index contributed by atoms with van der Waals surface area (Å²) < 4.78 is 0. The number of nitrogens with one attached hydrogen (secondary N) is 1. The molecule has 1 amide bonds. The maximum atomic E-state index is 12.3. The number of nitrogens with two attached hydrogens (primary N) is 1. The summed E-state index contributed by atoms with van der Waals surface area (Å²) >= 11 is 0. The van der Waals surface area contributed by atoms with E-state index >= 15 is 0 Å². The second kappa shape index (κ2) is 11.4. The van der Waals surface area contributed by atoms with Gasteiger partial charge in [-0.15, -0.1) is 0 Å². The molecule has 5 nitrogen and oxygen atoms in total. The summed E-state index contributed by atoms with van der Waals surface area (Å²) in [7, 11) is 0. The lowest BCUT2D eigenvalue weighted by Gasteiger charge is -2.16. The van der Waals surface area contributed by atoms with E-state index in [4.69, 9.17) is 15.7 Å². The molecule has 3 aromatic rings. The quantitative estimate of drug-likeness (QED) is 0.420. The number of carbonyl (C=O) groups excluding carboxylic acids is 1. The van der Waals surface area contributed by atoms with Gasteiger partial charge in [0.25, 0.3) is 0 Å². The first-order chi connectivity index (χ1) is 16.5. The number of anilines is 1. The number of carbonyl (C=O) groups is 1. The van der Waals surface area contributed by atoms with E-state index < -0.39 is 6.04 Å². The Kier molecular flexibility index (Phi) is 8.07. The summed E-state index contributed by atoms with van der Waals surface area (Å²) in [5.74, 6) is 1.39. The Balaban J connectivity index is 1.51. The van der Waals surface area contributed by atoms with Crippen molar-refractivity contribution in [2.75, 3.05) is 5.32 Å². The Hall–Kier alpha value is -3.05. The number of amides is 1. The number of hydrogen-bond acceptors (Lipinski definition) is 4. The lowest BCUT2D eigenvalue weighted by atomic mass is 10.0. The second-order valence-electron chi connectivity index (χ2n) is 9.76. The molecule has 1 aliphatic rings. The first-order valence-corrected chi connectivity index (χ1v) is 12.6. The normalized spacial score (nSPS) is 14.9. The standard InChI is InChI=1S/C29H36N4O/c1-20(2)27(30)29(34)32-24-17-15-22(16-18-24)26-19-25(14-8-11-21-9-4-3-5-10-21)31-28(33-26)23-12-6-7-13-23/h3-5,9-10,15-20,23,27H,6-8,11-14,30H2,1-2H3,(H,32,34)/t27-/m0/s1. The van der Waals surface area contributed by atoms with Gasteiger partial charge in [0.2, 0.25) is 5.91 Å². The minimum atomic E-state index is -0.519. The maximum Gasteiger partial charge on any atom is 0.241 e. The Bertz CT molecular complexity index is 1070. The van der Waals surface area contributed by atoms with Gasteiger partial charge < -0.3 is 11.1 Å². The topological polar surface area (TPSA) is 80.9 Å². The third-order valence-corrected chi connectivity index (χ3v) is 6.73. The van der Waals surface area contributed by atoms with Crippen molar-refractivity contribution in [3.05, 3.63) is 77.7 Å². The van der Waals surface area contributed by atoms with Gasteiger partial charge in [0.05, 0.1) is 11.7 Å². The predicted molar refractivity (Wildman–Crippen MR) is 139 cm³/mol. The molecule has 1 aromatic heterocycles. The molecule has 1 atom stereocenters. The monoisotopic (exact) mass is 456 g/mol. The number of hydrogen-bond donors (Lipinski definition) is 2. The van der Waals surface area contributed by atoms with Crippen LogP contribution >= 0.6 is 0 Å². The van der Waals surface area contributed by atoms with Crippen LogP contribution in [0.2, 0.25) is 0 Å². The number of nitrogens with zero attached hydrogens (tertiary/aromatic N) is 2. The minimum Gasteiger partial charge on any atom is -0.325 e. The van der Waals surface area contributed by atoms with Gasteiger partial charge in [0, 0.05) is 22.9 Å². The van der Waals surface area contributed by atoms with Crippen LogP contribution in [-0.2, 0) is 17.6 Å². The molecule has 1 saturated carbocycles. The average Bonchev–Trinajstić information content (AvgIpc) is 3.40. The van der Waals surface area contributed by atoms with Crippen LogP contribution in [0.1, 0.15) is 69.0 Å². The zero-order valence-corrected chi connectivity index (χ0v) is 20.3. The second-order valence-corrected chi connectivity index (χ2v) is 9.76. The Labute approximate surface area is 203 Å². The van der Waals surface area contributed by atoms with Crippen LogP contribution in [0.15, 0.2) is 60.7 Å². The summed E-state index contributed by atoms with van der Waals surface area (Å²) in [5.41, 5.74) is 11.2. The smallest absolute Gasteiger partial charge is 0.241 e. The SMILES string of the molecule is CC(C)[C@H](N)C(=O)Nc1ccc(-c2cc(CCCc3ccccc3)nc(C3CCCC3)n2)cc1. The van der Waals surface area contributed by atoms with Crippen LogP contribution < -0.4 is 11.1 Å². The van der Waals surface area contributed by atoms with E-state index in [0.717, 1.165) is 47.7 Å². The average molecular weight is 457 g/mol. The third kappa shape index (κ3) is 6.29. The van der Waals surface area contributed by atoms with E-state index in [-0.39, 0.29) is 11.8 Å². The number of benzene rings is 2. The molecule has 1 heterocycles. The molecule has 0 saturated heterocycles. The molecule has 2 aromatic carbocycles. The fraction of sp³-hybridized carbons (Fsp3) is 0.414. The van der Waals surface area contributed by atoms with Crippen molar-refractivity contribution in [2.45, 2.75) is 70.8 Å².